The maximum absolute atomic E-state index is 9.53. The molecule has 0 aliphatic carbocycles. The quantitative estimate of drug-likeness (QED) is 0.792. The first-order valence-corrected chi connectivity index (χ1v) is 7.84. The van der Waals surface area contributed by atoms with Crippen molar-refractivity contribution in [2.24, 2.45) is 5.73 Å². The Bertz CT molecular complexity index is 918. The number of halogens is 1. The molecule has 6 nitrogen and oxygen atoms in total. The van der Waals surface area contributed by atoms with Gasteiger partial charge in [0, 0.05) is 11.3 Å². The molecular formula is C17H13BrN4O2. The highest BCUT2D eigenvalue weighted by Gasteiger charge is 2.34. The van der Waals surface area contributed by atoms with Crippen LogP contribution in [-0.4, -0.2) is 16.8 Å². The van der Waals surface area contributed by atoms with E-state index in [0.717, 1.165) is 21.3 Å². The van der Waals surface area contributed by atoms with Crippen molar-refractivity contribution in [2.45, 2.75) is 12.8 Å². The van der Waals surface area contributed by atoms with Crippen LogP contribution in [0.2, 0.25) is 0 Å². The summed E-state index contributed by atoms with van der Waals surface area (Å²) in [5, 5.41) is 16.5. The Labute approximate surface area is 147 Å². The summed E-state index contributed by atoms with van der Waals surface area (Å²) in [6.45, 7) is 2.05. The number of aromatic nitrogens is 2. The van der Waals surface area contributed by atoms with Crippen LogP contribution in [0, 0.1) is 30.6 Å². The fraction of sp³-hybridized carbons (Fsp3) is 0.176. The predicted molar refractivity (Wildman–Crippen MR) is 91.1 cm³/mol. The number of H-pyrrole nitrogens is 1. The number of nitrogens with zero attached hydrogens (tertiary/aromatic N) is 2. The van der Waals surface area contributed by atoms with Gasteiger partial charge in [0.05, 0.1) is 10.4 Å². The number of hydrogen-bond donors (Lipinski definition) is 2. The van der Waals surface area contributed by atoms with Crippen LogP contribution in [0.4, 0.5) is 0 Å². The molecule has 2 aromatic rings. The minimum atomic E-state index is -0.365. The molecule has 0 unspecified atom stereocenters. The first kappa shape index (κ1) is 16.0. The van der Waals surface area contributed by atoms with E-state index in [-0.39, 0.29) is 18.4 Å². The Morgan fingerprint density at radius 3 is 3.00 bits per heavy atom. The van der Waals surface area contributed by atoms with Crippen LogP contribution in [0.3, 0.4) is 0 Å². The molecule has 1 atom stereocenters. The smallest absolute Gasteiger partial charge is 0.244 e. The van der Waals surface area contributed by atoms with Gasteiger partial charge in [0.25, 0.3) is 0 Å². The number of nitrogens with one attached hydrogen (secondary N) is 1. The van der Waals surface area contributed by atoms with E-state index in [4.69, 9.17) is 21.6 Å². The van der Waals surface area contributed by atoms with E-state index in [1.807, 2.05) is 19.1 Å². The van der Waals surface area contributed by atoms with Gasteiger partial charge in [-0.05, 0) is 40.5 Å². The number of allylic oxidation sites excluding steroid dienone is 1. The summed E-state index contributed by atoms with van der Waals surface area (Å²) in [5.74, 6) is 3.13. The molecular weight excluding hydrogens is 372 g/mol. The lowest BCUT2D eigenvalue weighted by atomic mass is 9.84. The van der Waals surface area contributed by atoms with E-state index in [1.165, 1.54) is 0 Å². The maximum Gasteiger partial charge on any atom is 0.244 e. The third kappa shape index (κ3) is 2.60. The number of fused-ring (bicyclic) bond motifs is 1. The summed E-state index contributed by atoms with van der Waals surface area (Å²) in [5.41, 5.74) is 8.72. The van der Waals surface area contributed by atoms with Crippen molar-refractivity contribution in [1.29, 1.82) is 5.26 Å². The second-order valence-electron chi connectivity index (χ2n) is 5.17. The third-order valence-corrected chi connectivity index (χ3v) is 4.35. The normalized spacial score (nSPS) is 15.9. The second kappa shape index (κ2) is 6.31. The predicted octanol–water partition coefficient (Wildman–Crippen LogP) is 2.71. The average molecular weight is 385 g/mol. The number of nitrogens with two attached hydrogens (primary N) is 1. The average Bonchev–Trinajstić information content (AvgIpc) is 2.93. The van der Waals surface area contributed by atoms with E-state index in [2.05, 4.69) is 38.1 Å². The highest BCUT2D eigenvalue weighted by Crippen LogP contribution is 2.43. The number of aryl methyl sites for hydroxylation is 1. The van der Waals surface area contributed by atoms with Crippen molar-refractivity contribution in [2.75, 3.05) is 6.61 Å². The molecule has 0 fully saturated rings. The van der Waals surface area contributed by atoms with Gasteiger partial charge >= 0.3 is 0 Å². The molecule has 0 amide bonds. The zero-order valence-electron chi connectivity index (χ0n) is 12.8. The third-order valence-electron chi connectivity index (χ3n) is 3.73. The van der Waals surface area contributed by atoms with Crippen LogP contribution in [0.25, 0.3) is 0 Å². The van der Waals surface area contributed by atoms with Crippen LogP contribution in [0.1, 0.15) is 22.7 Å². The molecule has 24 heavy (non-hydrogen) atoms. The van der Waals surface area contributed by atoms with E-state index in [0.29, 0.717) is 17.2 Å². The van der Waals surface area contributed by atoms with Crippen LogP contribution < -0.4 is 15.2 Å². The minimum absolute atomic E-state index is 0.0604. The van der Waals surface area contributed by atoms with Crippen molar-refractivity contribution < 1.29 is 9.47 Å². The van der Waals surface area contributed by atoms with Gasteiger partial charge in [-0.15, -0.1) is 11.5 Å². The molecule has 0 radical (unpaired) electrons. The standard InChI is InChI=1S/C17H13BrN4O2/c1-3-6-23-13-5-4-10(7-12(13)18)15-11(8-19)16(20)24-17-14(15)9(2)21-22-17/h1,4-5,7,15H,6,20H2,2H3,(H,21,22)/t15-/m1/s1. The molecule has 7 heteroatoms. The van der Waals surface area contributed by atoms with Gasteiger partial charge in [0.2, 0.25) is 11.8 Å². The Morgan fingerprint density at radius 2 is 2.33 bits per heavy atom. The second-order valence-corrected chi connectivity index (χ2v) is 6.03. The topological polar surface area (TPSA) is 96.9 Å². The van der Waals surface area contributed by atoms with Crippen molar-refractivity contribution in [1.82, 2.24) is 10.2 Å². The molecule has 120 valence electrons. The van der Waals surface area contributed by atoms with Crippen LogP contribution in [-0.2, 0) is 0 Å². The van der Waals surface area contributed by atoms with Crippen LogP contribution in [0.5, 0.6) is 11.6 Å². The number of benzene rings is 1. The van der Waals surface area contributed by atoms with E-state index >= 15 is 0 Å². The number of aromatic amines is 1. The summed E-state index contributed by atoms with van der Waals surface area (Å²) in [7, 11) is 0. The number of nitriles is 1. The summed E-state index contributed by atoms with van der Waals surface area (Å²) in [4.78, 5) is 0. The number of rotatable bonds is 3. The summed E-state index contributed by atoms with van der Waals surface area (Å²) >= 11 is 3.47. The molecule has 0 saturated heterocycles. The van der Waals surface area contributed by atoms with E-state index < -0.39 is 0 Å². The molecule has 1 aromatic heterocycles. The lowest BCUT2D eigenvalue weighted by molar-refractivity contribution is 0.367. The summed E-state index contributed by atoms with van der Waals surface area (Å²) in [6, 6.07) is 7.69. The first-order valence-electron chi connectivity index (χ1n) is 7.05. The molecule has 0 saturated carbocycles. The fourth-order valence-electron chi connectivity index (χ4n) is 2.67. The molecule has 3 N–H and O–H groups in total. The highest BCUT2D eigenvalue weighted by atomic mass is 79.9. The van der Waals surface area contributed by atoms with E-state index in [1.54, 1.807) is 6.07 Å². The maximum atomic E-state index is 9.53. The Hall–Kier alpha value is -2.90. The van der Waals surface area contributed by atoms with Gasteiger partial charge in [0.1, 0.15) is 24.0 Å². The zero-order valence-corrected chi connectivity index (χ0v) is 14.3. The number of ether oxygens (including phenoxy) is 2. The molecule has 0 bridgehead atoms. The van der Waals surface area contributed by atoms with Crippen molar-refractivity contribution in [3.63, 3.8) is 0 Å². The monoisotopic (exact) mass is 384 g/mol. The van der Waals surface area contributed by atoms with Crippen molar-refractivity contribution in [3.05, 3.63) is 50.9 Å². The van der Waals surface area contributed by atoms with Crippen LogP contribution >= 0.6 is 15.9 Å². The van der Waals surface area contributed by atoms with Gasteiger partial charge in [-0.1, -0.05) is 12.0 Å². The lowest BCUT2D eigenvalue weighted by Crippen LogP contribution is -2.21. The summed E-state index contributed by atoms with van der Waals surface area (Å²) in [6.07, 6.45) is 5.21. The van der Waals surface area contributed by atoms with E-state index in [9.17, 15) is 5.26 Å². The SMILES string of the molecule is C#CCOc1ccc([C@@H]2C(C#N)=C(N)Oc3n[nH]c(C)c32)cc1Br. The largest absolute Gasteiger partial charge is 0.480 e. The zero-order chi connectivity index (χ0) is 17.3. The van der Waals surface area contributed by atoms with Gasteiger partial charge in [-0.3, -0.25) is 5.10 Å². The van der Waals surface area contributed by atoms with Gasteiger partial charge in [0.15, 0.2) is 0 Å². The molecule has 3 rings (SSSR count). The molecule has 1 aliphatic heterocycles. The lowest BCUT2D eigenvalue weighted by Gasteiger charge is -2.24. The molecule has 1 aromatic carbocycles. The molecule has 0 spiro atoms. The highest BCUT2D eigenvalue weighted by molar-refractivity contribution is 9.10. The van der Waals surface area contributed by atoms with Crippen molar-refractivity contribution in [3.8, 4) is 30.0 Å². The minimum Gasteiger partial charge on any atom is -0.480 e. The van der Waals surface area contributed by atoms with Gasteiger partial charge in [-0.25, -0.2) is 0 Å². The van der Waals surface area contributed by atoms with Gasteiger partial charge in [-0.2, -0.15) is 5.26 Å². The Balaban J connectivity index is 2.10. The number of terminal acetylenes is 1. The summed E-state index contributed by atoms with van der Waals surface area (Å²) < 4.78 is 11.6. The van der Waals surface area contributed by atoms with Crippen LogP contribution in [0.15, 0.2) is 34.1 Å². The van der Waals surface area contributed by atoms with Crippen molar-refractivity contribution >= 4 is 15.9 Å². The number of hydrogen-bond acceptors (Lipinski definition) is 5. The molecule has 1 aliphatic rings. The fourth-order valence-corrected chi connectivity index (χ4v) is 3.18. The first-order chi connectivity index (χ1) is 11.6. The van der Waals surface area contributed by atoms with Gasteiger partial charge < -0.3 is 15.2 Å². The Kier molecular flexibility index (Phi) is 4.20. The Morgan fingerprint density at radius 1 is 1.54 bits per heavy atom. The molecule has 2 heterocycles.